The molecule has 0 heterocycles. The fraction of sp³-hybridized carbons (Fsp3) is 0.615. The number of aliphatic hydroxyl groups excluding tert-OH is 1. The maximum Gasteiger partial charge on any atom is 0.133 e. The van der Waals surface area contributed by atoms with Gasteiger partial charge in [0.25, 0.3) is 0 Å². The van der Waals surface area contributed by atoms with Gasteiger partial charge in [-0.2, -0.15) is 0 Å². The van der Waals surface area contributed by atoms with Crippen LogP contribution in [0.4, 0.5) is 0 Å². The van der Waals surface area contributed by atoms with Gasteiger partial charge >= 0.3 is 0 Å². The van der Waals surface area contributed by atoms with Gasteiger partial charge in [0.05, 0.1) is 6.10 Å². The van der Waals surface area contributed by atoms with Gasteiger partial charge in [-0.3, -0.25) is 4.79 Å². The van der Waals surface area contributed by atoms with Gasteiger partial charge in [-0.25, -0.2) is 0 Å². The minimum atomic E-state index is -0.352. The molecule has 1 aliphatic carbocycles. The number of aliphatic hydroxyl groups is 1. The van der Waals surface area contributed by atoms with E-state index < -0.39 is 0 Å². The van der Waals surface area contributed by atoms with E-state index in [1.165, 1.54) is 5.57 Å². The topological polar surface area (TPSA) is 37.3 Å². The van der Waals surface area contributed by atoms with E-state index in [1.807, 2.05) is 19.1 Å². The Kier molecular flexibility index (Phi) is 3.50. The first-order valence-corrected chi connectivity index (χ1v) is 5.40. The third-order valence-electron chi connectivity index (χ3n) is 2.91. The van der Waals surface area contributed by atoms with Gasteiger partial charge in [0, 0.05) is 6.42 Å². The minimum Gasteiger partial charge on any atom is -0.389 e. The molecule has 0 spiro atoms. The molecule has 0 aromatic rings. The summed E-state index contributed by atoms with van der Waals surface area (Å²) in [6.07, 6.45) is 4.74. The Bertz CT molecular complexity index is 321. The zero-order chi connectivity index (χ0) is 11.6. The van der Waals surface area contributed by atoms with Crippen LogP contribution in [0.3, 0.4) is 0 Å². The van der Waals surface area contributed by atoms with Gasteiger partial charge in [0.1, 0.15) is 5.78 Å². The molecule has 2 nitrogen and oxygen atoms in total. The Morgan fingerprint density at radius 2 is 2.27 bits per heavy atom. The van der Waals surface area contributed by atoms with Gasteiger partial charge in [-0.05, 0) is 36.8 Å². The van der Waals surface area contributed by atoms with E-state index in [-0.39, 0.29) is 17.3 Å². The van der Waals surface area contributed by atoms with Gasteiger partial charge < -0.3 is 5.11 Å². The summed E-state index contributed by atoms with van der Waals surface area (Å²) >= 11 is 0. The largest absolute Gasteiger partial charge is 0.389 e. The second-order valence-corrected chi connectivity index (χ2v) is 5.03. The van der Waals surface area contributed by atoms with Crippen LogP contribution in [0.2, 0.25) is 0 Å². The molecular formula is C13H20O2. The summed E-state index contributed by atoms with van der Waals surface area (Å²) < 4.78 is 0. The molecule has 0 aromatic heterocycles. The molecule has 1 rings (SSSR count). The lowest BCUT2D eigenvalue weighted by Gasteiger charge is -2.35. The molecule has 0 aromatic carbocycles. The zero-order valence-electron chi connectivity index (χ0n) is 10.0. The molecule has 0 aliphatic heterocycles. The maximum atomic E-state index is 11.0. The molecule has 15 heavy (non-hydrogen) atoms. The number of ketones is 1. The van der Waals surface area contributed by atoms with Crippen molar-refractivity contribution in [1.29, 1.82) is 0 Å². The molecule has 1 atom stereocenters. The third kappa shape index (κ3) is 3.03. The fourth-order valence-corrected chi connectivity index (χ4v) is 2.29. The predicted molar refractivity (Wildman–Crippen MR) is 61.5 cm³/mol. The maximum absolute atomic E-state index is 11.0. The van der Waals surface area contributed by atoms with Crippen LogP contribution in [-0.4, -0.2) is 17.0 Å². The molecule has 0 radical (unpaired) electrons. The number of hydrogen-bond donors (Lipinski definition) is 1. The van der Waals surface area contributed by atoms with Crippen molar-refractivity contribution in [3.63, 3.8) is 0 Å². The van der Waals surface area contributed by atoms with E-state index in [2.05, 4.69) is 13.8 Å². The van der Waals surface area contributed by atoms with Crippen molar-refractivity contribution in [1.82, 2.24) is 0 Å². The number of hydrogen-bond acceptors (Lipinski definition) is 2. The molecular weight excluding hydrogens is 188 g/mol. The van der Waals surface area contributed by atoms with Crippen molar-refractivity contribution in [3.8, 4) is 0 Å². The third-order valence-corrected chi connectivity index (χ3v) is 2.91. The second-order valence-electron chi connectivity index (χ2n) is 5.03. The Labute approximate surface area is 91.7 Å². The van der Waals surface area contributed by atoms with Crippen LogP contribution in [0.5, 0.6) is 0 Å². The summed E-state index contributed by atoms with van der Waals surface area (Å²) in [4.78, 5) is 11.0. The van der Waals surface area contributed by atoms with Crippen LogP contribution >= 0.6 is 0 Å². The van der Waals surface area contributed by atoms with Crippen LogP contribution < -0.4 is 0 Å². The van der Waals surface area contributed by atoms with E-state index in [0.717, 1.165) is 12.0 Å². The van der Waals surface area contributed by atoms with Crippen molar-refractivity contribution in [2.45, 2.75) is 46.6 Å². The Morgan fingerprint density at radius 1 is 1.67 bits per heavy atom. The number of carbonyl (C=O) groups excluding carboxylic acids is 1. The van der Waals surface area contributed by atoms with Crippen LogP contribution in [0, 0.1) is 5.41 Å². The predicted octanol–water partition coefficient (Wildman–Crippen LogP) is 2.63. The highest BCUT2D eigenvalue weighted by Gasteiger charge is 2.30. The zero-order valence-corrected chi connectivity index (χ0v) is 10.0. The summed E-state index contributed by atoms with van der Waals surface area (Å²) in [6, 6.07) is 0. The monoisotopic (exact) mass is 208 g/mol. The molecule has 0 saturated carbocycles. The summed E-state index contributed by atoms with van der Waals surface area (Å²) in [7, 11) is 0. The molecule has 0 bridgehead atoms. The lowest BCUT2D eigenvalue weighted by Crippen LogP contribution is -2.27. The first kappa shape index (κ1) is 12.2. The smallest absolute Gasteiger partial charge is 0.133 e. The van der Waals surface area contributed by atoms with Crippen molar-refractivity contribution in [2.75, 3.05) is 0 Å². The molecule has 1 aliphatic rings. The molecule has 84 valence electrons. The molecule has 1 N–H and O–H groups in total. The first-order chi connectivity index (χ1) is 6.83. The molecule has 0 saturated heterocycles. The van der Waals surface area contributed by atoms with Crippen LogP contribution in [-0.2, 0) is 4.79 Å². The standard InChI is InChI=1S/C13H20O2/c1-9-7-11(15)8-13(3,4)12(9)6-5-10(2)14/h6-7,11,15H,5,8H2,1-4H3. The molecule has 1 unspecified atom stereocenters. The van der Waals surface area contributed by atoms with Crippen molar-refractivity contribution in [2.24, 2.45) is 5.41 Å². The normalized spacial score (nSPS) is 27.7. The van der Waals surface area contributed by atoms with Gasteiger partial charge in [-0.1, -0.05) is 26.0 Å². The van der Waals surface area contributed by atoms with Crippen LogP contribution in [0.15, 0.2) is 23.3 Å². The van der Waals surface area contributed by atoms with Crippen LogP contribution in [0.25, 0.3) is 0 Å². The van der Waals surface area contributed by atoms with Gasteiger partial charge in [-0.15, -0.1) is 0 Å². The number of carbonyl (C=O) groups is 1. The Hall–Kier alpha value is -0.890. The summed E-state index contributed by atoms with van der Waals surface area (Å²) in [6.45, 7) is 7.81. The highest BCUT2D eigenvalue weighted by atomic mass is 16.3. The fourth-order valence-electron chi connectivity index (χ4n) is 2.29. The van der Waals surface area contributed by atoms with Crippen molar-refractivity contribution >= 4 is 5.78 Å². The minimum absolute atomic E-state index is 0.0340. The quantitative estimate of drug-likeness (QED) is 0.757. The highest BCUT2D eigenvalue weighted by molar-refractivity contribution is 5.77. The number of rotatable bonds is 2. The Balaban J connectivity index is 2.98. The SMILES string of the molecule is CC(=O)CC=C1C(C)=CC(O)CC1(C)C. The van der Waals surface area contributed by atoms with E-state index in [9.17, 15) is 9.90 Å². The summed E-state index contributed by atoms with van der Waals surface area (Å²) in [5.41, 5.74) is 2.26. The summed E-state index contributed by atoms with van der Waals surface area (Å²) in [5, 5.41) is 9.64. The van der Waals surface area contributed by atoms with Crippen LogP contribution in [0.1, 0.15) is 40.5 Å². The second kappa shape index (κ2) is 4.31. The van der Waals surface area contributed by atoms with Crippen molar-refractivity contribution < 1.29 is 9.90 Å². The average molecular weight is 208 g/mol. The van der Waals surface area contributed by atoms with Gasteiger partial charge in [0.15, 0.2) is 0 Å². The van der Waals surface area contributed by atoms with E-state index >= 15 is 0 Å². The molecule has 0 amide bonds. The number of Topliss-reactive ketones (excluding diaryl/α,β-unsaturated/α-hetero) is 1. The highest BCUT2D eigenvalue weighted by Crippen LogP contribution is 2.40. The summed E-state index contributed by atoms with van der Waals surface area (Å²) in [5.74, 6) is 0.178. The number of allylic oxidation sites excluding steroid dienone is 3. The van der Waals surface area contributed by atoms with Gasteiger partial charge in [0.2, 0.25) is 0 Å². The average Bonchev–Trinajstić information content (AvgIpc) is 1.98. The lowest BCUT2D eigenvalue weighted by atomic mass is 9.72. The van der Waals surface area contributed by atoms with E-state index in [4.69, 9.17) is 0 Å². The van der Waals surface area contributed by atoms with Crippen molar-refractivity contribution in [3.05, 3.63) is 23.3 Å². The van der Waals surface area contributed by atoms with E-state index in [0.29, 0.717) is 6.42 Å². The molecule has 0 fully saturated rings. The Morgan fingerprint density at radius 3 is 2.73 bits per heavy atom. The lowest BCUT2D eigenvalue weighted by molar-refractivity contribution is -0.116. The molecule has 2 heteroatoms. The van der Waals surface area contributed by atoms with E-state index in [1.54, 1.807) is 6.92 Å². The first-order valence-electron chi connectivity index (χ1n) is 5.40.